The van der Waals surface area contributed by atoms with Gasteiger partial charge in [-0.15, -0.1) is 0 Å². The van der Waals surface area contributed by atoms with Gasteiger partial charge in [0.15, 0.2) is 17.4 Å². The van der Waals surface area contributed by atoms with Gasteiger partial charge in [-0.2, -0.15) is 5.26 Å². The van der Waals surface area contributed by atoms with Crippen molar-refractivity contribution in [3.63, 3.8) is 0 Å². The van der Waals surface area contributed by atoms with Crippen molar-refractivity contribution in [2.24, 2.45) is 0 Å². The number of aromatic nitrogens is 2. The Balaban J connectivity index is 1.34. The van der Waals surface area contributed by atoms with Crippen molar-refractivity contribution < 1.29 is 17.9 Å². The molecule has 1 N–H and O–H groups in total. The molecule has 3 aromatic rings. The zero-order chi connectivity index (χ0) is 27.5. The van der Waals surface area contributed by atoms with Crippen LogP contribution in [0.2, 0.25) is 0 Å². The molecule has 0 unspecified atom stereocenters. The first-order chi connectivity index (χ1) is 18.8. The molecule has 2 aliphatic rings. The summed E-state index contributed by atoms with van der Waals surface area (Å²) < 4.78 is 50.4. The van der Waals surface area contributed by atoms with E-state index in [1.165, 1.54) is 12.1 Å². The fraction of sp³-hybridized carbons (Fsp3) is 0.414. The van der Waals surface area contributed by atoms with Crippen LogP contribution >= 0.6 is 0 Å². The summed E-state index contributed by atoms with van der Waals surface area (Å²) in [4.78, 5) is 12.5. The van der Waals surface area contributed by atoms with E-state index < -0.39 is 11.6 Å². The molecule has 0 spiro atoms. The molecule has 10 heteroatoms. The molecule has 1 fully saturated rings. The molecule has 0 radical (unpaired) electrons. The van der Waals surface area contributed by atoms with Crippen molar-refractivity contribution >= 4 is 17.3 Å². The van der Waals surface area contributed by atoms with Crippen LogP contribution in [0.25, 0.3) is 11.3 Å². The molecule has 3 heterocycles. The molecule has 0 saturated carbocycles. The number of nitrogens with one attached hydrogen (secondary N) is 1. The summed E-state index contributed by atoms with van der Waals surface area (Å²) in [5.41, 5.74) is 1.82. The average Bonchev–Trinajstić information content (AvgIpc) is 2.93. The quantitative estimate of drug-likeness (QED) is 0.397. The van der Waals surface area contributed by atoms with Gasteiger partial charge >= 0.3 is 0 Å². The Morgan fingerprint density at radius 2 is 1.87 bits per heavy atom. The number of halogens is 3. The highest BCUT2D eigenvalue weighted by atomic mass is 19.1. The van der Waals surface area contributed by atoms with Crippen LogP contribution in [0.5, 0.6) is 5.75 Å². The molecule has 0 bridgehead atoms. The number of piperidine rings is 1. The van der Waals surface area contributed by atoms with Gasteiger partial charge in [0.1, 0.15) is 18.1 Å². The van der Waals surface area contributed by atoms with Crippen LogP contribution in [0, 0.1) is 28.8 Å². The zero-order valence-corrected chi connectivity index (χ0v) is 22.1. The molecule has 5 rings (SSSR count). The fourth-order valence-corrected chi connectivity index (χ4v) is 5.35. The van der Waals surface area contributed by atoms with Gasteiger partial charge in [0.05, 0.1) is 24.5 Å². The number of rotatable bonds is 7. The van der Waals surface area contributed by atoms with Gasteiger partial charge in [0.2, 0.25) is 5.95 Å². The highest BCUT2D eigenvalue weighted by molar-refractivity contribution is 5.73. The first kappa shape index (κ1) is 26.8. The molecular formula is C29H31F3N6O. The normalized spacial score (nSPS) is 16.1. The smallest absolute Gasteiger partial charge is 0.227 e. The third-order valence-corrected chi connectivity index (χ3v) is 7.38. The molecule has 0 atom stereocenters. The topological polar surface area (TPSA) is 77.3 Å². The molecule has 0 amide bonds. The van der Waals surface area contributed by atoms with Gasteiger partial charge in [-0.25, -0.2) is 23.1 Å². The predicted octanol–water partition coefficient (Wildman–Crippen LogP) is 6.00. The fourth-order valence-electron chi connectivity index (χ4n) is 5.35. The first-order valence-corrected chi connectivity index (χ1v) is 13.3. The lowest BCUT2D eigenvalue weighted by atomic mass is 9.89. The number of anilines is 3. The lowest BCUT2D eigenvalue weighted by molar-refractivity contribution is 0.215. The van der Waals surface area contributed by atoms with E-state index in [1.807, 2.05) is 18.7 Å². The van der Waals surface area contributed by atoms with Crippen LogP contribution in [0.15, 0.2) is 36.5 Å². The van der Waals surface area contributed by atoms with Crippen molar-refractivity contribution in [3.05, 3.63) is 59.5 Å². The number of nitrogens with zero attached hydrogens (tertiary/aromatic N) is 5. The number of ether oxygens (including phenoxy) is 1. The molecule has 2 aliphatic heterocycles. The largest absolute Gasteiger partial charge is 0.486 e. The van der Waals surface area contributed by atoms with E-state index in [-0.39, 0.29) is 40.7 Å². The highest BCUT2D eigenvalue weighted by Crippen LogP contribution is 2.39. The summed E-state index contributed by atoms with van der Waals surface area (Å²) in [5.74, 6) is -1.29. The average molecular weight is 537 g/mol. The number of hydrogen-bond donors (Lipinski definition) is 1. The molecule has 39 heavy (non-hydrogen) atoms. The van der Waals surface area contributed by atoms with E-state index in [4.69, 9.17) is 10.00 Å². The predicted molar refractivity (Wildman–Crippen MR) is 144 cm³/mol. The van der Waals surface area contributed by atoms with E-state index in [2.05, 4.69) is 26.3 Å². The Labute approximate surface area is 226 Å². The molecular weight excluding hydrogens is 505 g/mol. The minimum atomic E-state index is -0.699. The minimum absolute atomic E-state index is 0.0660. The summed E-state index contributed by atoms with van der Waals surface area (Å²) in [5, 5.41) is 11.7. The summed E-state index contributed by atoms with van der Waals surface area (Å²) in [6.07, 6.45) is 3.18. The van der Waals surface area contributed by atoms with Crippen LogP contribution in [0.3, 0.4) is 0 Å². The maximum Gasteiger partial charge on any atom is 0.227 e. The van der Waals surface area contributed by atoms with Crippen molar-refractivity contribution in [1.82, 2.24) is 14.9 Å². The van der Waals surface area contributed by atoms with Gasteiger partial charge in [0, 0.05) is 30.3 Å². The summed E-state index contributed by atoms with van der Waals surface area (Å²) in [7, 11) is 0. The maximum absolute atomic E-state index is 15.1. The number of hydrogen-bond acceptors (Lipinski definition) is 7. The van der Waals surface area contributed by atoms with E-state index >= 15 is 4.39 Å². The molecule has 7 nitrogen and oxygen atoms in total. The second-order valence-corrected chi connectivity index (χ2v) is 10.2. The van der Waals surface area contributed by atoms with Crippen molar-refractivity contribution in [3.8, 4) is 23.1 Å². The monoisotopic (exact) mass is 536 g/mol. The molecule has 2 aromatic carbocycles. The van der Waals surface area contributed by atoms with Crippen LogP contribution in [-0.4, -0.2) is 53.7 Å². The Bertz CT molecular complexity index is 1380. The van der Waals surface area contributed by atoms with Gasteiger partial charge in [-0.3, -0.25) is 0 Å². The standard InChI is InChI=1S/C29H31F3N6O/c1-18(2)38-12-13-39-28-24(31)14-20(15-26(28)38)27-25(32)17-34-29(36-27)35-21-4-5-22(23(30)16-21)19-6-10-37(11-7-19)9-3-8-33/h4-5,14-19H,3,6-7,9-13H2,1-2H3,(H,34,35,36). The Morgan fingerprint density at radius 3 is 2.59 bits per heavy atom. The molecule has 204 valence electrons. The van der Waals surface area contributed by atoms with Crippen LogP contribution < -0.4 is 15.0 Å². The van der Waals surface area contributed by atoms with E-state index in [0.29, 0.717) is 36.5 Å². The minimum Gasteiger partial charge on any atom is -0.486 e. The van der Waals surface area contributed by atoms with Crippen molar-refractivity contribution in [1.29, 1.82) is 5.26 Å². The number of fused-ring (bicyclic) bond motifs is 1. The van der Waals surface area contributed by atoms with Gasteiger partial charge < -0.3 is 19.9 Å². The van der Waals surface area contributed by atoms with Gasteiger partial charge in [0.25, 0.3) is 0 Å². The third kappa shape index (κ3) is 5.78. The third-order valence-electron chi connectivity index (χ3n) is 7.38. The molecule has 0 aliphatic carbocycles. The summed E-state index contributed by atoms with van der Waals surface area (Å²) in [6, 6.07) is 10.0. The van der Waals surface area contributed by atoms with Crippen molar-refractivity contribution in [2.45, 2.75) is 45.1 Å². The van der Waals surface area contributed by atoms with E-state index in [9.17, 15) is 8.78 Å². The Morgan fingerprint density at radius 1 is 1.08 bits per heavy atom. The number of likely N-dealkylation sites (tertiary alicyclic amines) is 1. The Kier molecular flexibility index (Phi) is 7.89. The Hall–Kier alpha value is -3.84. The lowest BCUT2D eigenvalue weighted by Crippen LogP contribution is -2.38. The maximum atomic E-state index is 15.1. The SMILES string of the molecule is CC(C)N1CCOc2c(F)cc(-c3nc(Nc4ccc(C5CCN(CCC#N)CC5)c(F)c4)ncc3F)cc21. The first-order valence-electron chi connectivity index (χ1n) is 13.3. The van der Waals surface area contributed by atoms with Gasteiger partial charge in [-0.05, 0) is 75.5 Å². The zero-order valence-electron chi connectivity index (χ0n) is 22.1. The lowest BCUT2D eigenvalue weighted by Gasteiger charge is -2.34. The molecule has 1 saturated heterocycles. The summed E-state index contributed by atoms with van der Waals surface area (Å²) >= 11 is 0. The van der Waals surface area contributed by atoms with Crippen LogP contribution in [-0.2, 0) is 0 Å². The van der Waals surface area contributed by atoms with Crippen molar-refractivity contribution in [2.75, 3.05) is 43.0 Å². The van der Waals surface area contributed by atoms with Gasteiger partial charge in [-0.1, -0.05) is 6.07 Å². The number of nitriles is 1. The second-order valence-electron chi connectivity index (χ2n) is 10.2. The summed E-state index contributed by atoms with van der Waals surface area (Å²) in [6.45, 7) is 7.37. The van der Waals surface area contributed by atoms with E-state index in [0.717, 1.165) is 38.7 Å². The van der Waals surface area contributed by atoms with Crippen LogP contribution in [0.4, 0.5) is 30.5 Å². The van der Waals surface area contributed by atoms with Crippen LogP contribution in [0.1, 0.15) is 44.6 Å². The van der Waals surface area contributed by atoms with E-state index in [1.54, 1.807) is 18.2 Å². The second kappa shape index (κ2) is 11.5. The number of benzene rings is 2. The molecule has 1 aromatic heterocycles. The highest BCUT2D eigenvalue weighted by Gasteiger charge is 2.26.